The zero-order chi connectivity index (χ0) is 32.3. The van der Waals surface area contributed by atoms with Crippen LogP contribution in [-0.4, -0.2) is 49.3 Å². The van der Waals surface area contributed by atoms with E-state index in [2.05, 4.69) is 0 Å². The van der Waals surface area contributed by atoms with Crippen molar-refractivity contribution in [3.8, 4) is 5.75 Å². The van der Waals surface area contributed by atoms with Gasteiger partial charge in [0, 0.05) is 23.1 Å². The molecular weight excluding hydrogens is 604 g/mol. The van der Waals surface area contributed by atoms with Crippen molar-refractivity contribution in [3.05, 3.63) is 148 Å². The van der Waals surface area contributed by atoms with Gasteiger partial charge in [-0.3, -0.25) is 0 Å². The number of carbonyl (C=O) groups is 2. The van der Waals surface area contributed by atoms with Gasteiger partial charge in [0.1, 0.15) is 23.5 Å². The topological polar surface area (TPSA) is 120 Å². The summed E-state index contributed by atoms with van der Waals surface area (Å²) in [7, 11) is 0. The first-order chi connectivity index (χ1) is 22.9. The fraction of sp³-hybridized carbons (Fsp3) is 0.216. The predicted molar refractivity (Wildman–Crippen MR) is 168 cm³/mol. The Balaban J connectivity index is 1.27. The van der Waals surface area contributed by atoms with Crippen LogP contribution in [0.25, 0.3) is 11.0 Å². The summed E-state index contributed by atoms with van der Waals surface area (Å²) in [6, 6.07) is 32.6. The molecule has 3 unspecified atom stereocenters. The van der Waals surface area contributed by atoms with Gasteiger partial charge in [-0.15, -0.1) is 0 Å². The Morgan fingerprint density at radius 1 is 0.723 bits per heavy atom. The van der Waals surface area contributed by atoms with Crippen molar-refractivity contribution >= 4 is 22.9 Å². The molecule has 2 saturated heterocycles. The minimum absolute atomic E-state index is 0.0641. The standard InChI is InChI=1S/C37H30O10/c1-22-19-30(38)43-28-20-26(17-18-27(22)28)42-37-33(46-35(40)24-13-7-3-8-14-24)32(45-34(39)23-11-5-2-6-12-23)31-29(44-37)21-41-36(47-31)25-15-9-4-10-16-25/h2-20,29,31-33,36-37H,21H2,1H3/t29?,31-,32+,33?,36?,37+/m0/s1. The van der Waals surface area contributed by atoms with Crippen LogP contribution >= 0.6 is 0 Å². The van der Waals surface area contributed by atoms with Gasteiger partial charge >= 0.3 is 17.6 Å². The molecule has 0 radical (unpaired) electrons. The van der Waals surface area contributed by atoms with Crippen molar-refractivity contribution in [3.63, 3.8) is 0 Å². The van der Waals surface area contributed by atoms with E-state index in [-0.39, 0.29) is 17.9 Å². The second-order valence-electron chi connectivity index (χ2n) is 11.2. The fourth-order valence-corrected chi connectivity index (χ4v) is 5.72. The first kappa shape index (κ1) is 30.4. The highest BCUT2D eigenvalue weighted by Crippen LogP contribution is 2.38. The van der Waals surface area contributed by atoms with Crippen LogP contribution in [0.5, 0.6) is 5.75 Å². The molecule has 2 aliphatic rings. The molecule has 2 fully saturated rings. The third kappa shape index (κ3) is 6.52. The van der Waals surface area contributed by atoms with Crippen molar-refractivity contribution < 1.29 is 42.4 Å². The molecule has 0 N–H and O–H groups in total. The first-order valence-corrected chi connectivity index (χ1v) is 15.1. The number of rotatable bonds is 7. The third-order valence-corrected chi connectivity index (χ3v) is 8.04. The van der Waals surface area contributed by atoms with Crippen LogP contribution in [0.2, 0.25) is 0 Å². The van der Waals surface area contributed by atoms with Gasteiger partial charge in [-0.1, -0.05) is 66.7 Å². The van der Waals surface area contributed by atoms with E-state index in [0.29, 0.717) is 11.1 Å². The zero-order valence-corrected chi connectivity index (χ0v) is 25.2. The monoisotopic (exact) mass is 634 g/mol. The summed E-state index contributed by atoms with van der Waals surface area (Å²) in [4.78, 5) is 39.2. The Morgan fingerprint density at radius 3 is 2.00 bits per heavy atom. The molecule has 0 saturated carbocycles. The van der Waals surface area contributed by atoms with Crippen molar-refractivity contribution in [2.45, 2.75) is 43.9 Å². The maximum atomic E-state index is 13.5. The van der Waals surface area contributed by atoms with E-state index in [9.17, 15) is 14.4 Å². The summed E-state index contributed by atoms with van der Waals surface area (Å²) >= 11 is 0. The largest absolute Gasteiger partial charge is 0.461 e. The Hall–Kier alpha value is -5.29. The molecule has 0 bridgehead atoms. The van der Waals surface area contributed by atoms with Crippen LogP contribution in [0.4, 0.5) is 0 Å². The summed E-state index contributed by atoms with van der Waals surface area (Å²) in [5, 5.41) is 0.726. The molecule has 0 aliphatic carbocycles. The lowest BCUT2D eigenvalue weighted by Gasteiger charge is -2.48. The Bertz CT molecular complexity index is 1930. The number of carbonyl (C=O) groups excluding carboxylic acids is 2. The van der Waals surface area contributed by atoms with Crippen molar-refractivity contribution in [1.82, 2.24) is 0 Å². The quantitative estimate of drug-likeness (QED) is 0.161. The molecule has 0 amide bonds. The molecule has 6 atom stereocenters. The van der Waals surface area contributed by atoms with Crippen LogP contribution in [-0.2, 0) is 23.7 Å². The van der Waals surface area contributed by atoms with Gasteiger partial charge in [-0.05, 0) is 48.9 Å². The number of esters is 2. The average Bonchev–Trinajstić information content (AvgIpc) is 3.10. The van der Waals surface area contributed by atoms with Crippen LogP contribution in [0.1, 0.15) is 38.1 Å². The normalized spacial score (nSPS) is 23.8. The molecule has 5 aromatic rings. The van der Waals surface area contributed by atoms with E-state index in [1.807, 2.05) is 30.3 Å². The molecule has 3 heterocycles. The van der Waals surface area contributed by atoms with Gasteiger partial charge in [-0.2, -0.15) is 0 Å². The van der Waals surface area contributed by atoms with Crippen molar-refractivity contribution in [1.29, 1.82) is 0 Å². The number of aryl methyl sites for hydroxylation is 1. The van der Waals surface area contributed by atoms with E-state index >= 15 is 0 Å². The van der Waals surface area contributed by atoms with Gasteiger partial charge in [0.25, 0.3) is 0 Å². The Morgan fingerprint density at radius 2 is 1.34 bits per heavy atom. The molecule has 7 rings (SSSR count). The minimum atomic E-state index is -1.30. The number of benzene rings is 4. The van der Waals surface area contributed by atoms with Crippen LogP contribution in [0.15, 0.2) is 124 Å². The number of fused-ring (bicyclic) bond motifs is 2. The molecule has 1 aromatic heterocycles. The second kappa shape index (κ2) is 13.2. The molecule has 238 valence electrons. The molecule has 10 heteroatoms. The highest BCUT2D eigenvalue weighted by atomic mass is 16.8. The molecule has 10 nitrogen and oxygen atoms in total. The summed E-state index contributed by atoms with van der Waals surface area (Å²) in [6.45, 7) is 1.87. The summed E-state index contributed by atoms with van der Waals surface area (Å²) in [5.74, 6) is -1.06. The van der Waals surface area contributed by atoms with Gasteiger partial charge in [0.2, 0.25) is 12.4 Å². The van der Waals surface area contributed by atoms with Crippen LogP contribution < -0.4 is 10.4 Å². The minimum Gasteiger partial charge on any atom is -0.461 e. The van der Waals surface area contributed by atoms with E-state index in [4.69, 9.17) is 32.8 Å². The number of hydrogen-bond donors (Lipinski definition) is 0. The van der Waals surface area contributed by atoms with E-state index in [1.165, 1.54) is 6.07 Å². The molecule has 47 heavy (non-hydrogen) atoms. The van der Waals surface area contributed by atoms with Gasteiger partial charge < -0.3 is 32.8 Å². The molecule has 2 aliphatic heterocycles. The highest BCUT2D eigenvalue weighted by Gasteiger charge is 2.55. The maximum Gasteiger partial charge on any atom is 0.338 e. The van der Waals surface area contributed by atoms with E-state index in [0.717, 1.165) is 16.5 Å². The zero-order valence-electron chi connectivity index (χ0n) is 25.2. The lowest BCUT2D eigenvalue weighted by Crippen LogP contribution is -2.65. The van der Waals surface area contributed by atoms with Gasteiger partial charge in [-0.25, -0.2) is 14.4 Å². The van der Waals surface area contributed by atoms with Crippen molar-refractivity contribution in [2.75, 3.05) is 6.61 Å². The predicted octanol–water partition coefficient (Wildman–Crippen LogP) is 5.77. The molecular formula is C37H30O10. The van der Waals surface area contributed by atoms with E-state index in [1.54, 1.807) is 85.8 Å². The molecule has 4 aromatic carbocycles. The Kier molecular flexibility index (Phi) is 8.54. The SMILES string of the molecule is Cc1cc(=O)oc2cc(O[C@@H]3OC4COC(c5ccccc5)O[C@@H]4[C@@H](OC(=O)c4ccccc4)C3OC(=O)c3ccccc3)ccc12. The van der Waals surface area contributed by atoms with Crippen molar-refractivity contribution in [2.24, 2.45) is 0 Å². The Labute approximate surface area is 269 Å². The number of hydrogen-bond acceptors (Lipinski definition) is 10. The van der Waals surface area contributed by atoms with Gasteiger partial charge in [0.15, 0.2) is 12.4 Å². The second-order valence-corrected chi connectivity index (χ2v) is 11.2. The lowest BCUT2D eigenvalue weighted by atomic mass is 9.96. The highest BCUT2D eigenvalue weighted by molar-refractivity contribution is 5.90. The van der Waals surface area contributed by atoms with Gasteiger partial charge in [0.05, 0.1) is 17.7 Å². The molecule has 0 spiro atoms. The number of ether oxygens (including phenoxy) is 6. The summed E-state index contributed by atoms with van der Waals surface area (Å²) < 4.78 is 42.7. The summed E-state index contributed by atoms with van der Waals surface area (Å²) in [5.41, 5.74) is 1.87. The van der Waals surface area contributed by atoms with Crippen LogP contribution in [0, 0.1) is 6.92 Å². The smallest absolute Gasteiger partial charge is 0.338 e. The van der Waals surface area contributed by atoms with E-state index < -0.39 is 54.6 Å². The average molecular weight is 635 g/mol. The first-order valence-electron chi connectivity index (χ1n) is 15.1. The lowest BCUT2D eigenvalue weighted by molar-refractivity contribution is -0.348. The van der Waals surface area contributed by atoms with Crippen LogP contribution in [0.3, 0.4) is 0 Å². The maximum absolute atomic E-state index is 13.5. The fourth-order valence-electron chi connectivity index (χ4n) is 5.72. The third-order valence-electron chi connectivity index (χ3n) is 8.04. The summed E-state index contributed by atoms with van der Waals surface area (Å²) in [6.07, 6.45) is -6.25.